The Balaban J connectivity index is 1.32. The summed E-state index contributed by atoms with van der Waals surface area (Å²) in [7, 11) is 0. The van der Waals surface area contributed by atoms with E-state index in [0.29, 0.717) is 5.91 Å². The molecule has 1 aliphatic heterocycles. The van der Waals surface area contributed by atoms with Gasteiger partial charge in [-0.25, -0.2) is 19.9 Å². The maximum Gasteiger partial charge on any atom is 0.225 e. The second-order valence-corrected chi connectivity index (χ2v) is 8.95. The Morgan fingerprint density at radius 3 is 2.87 bits per heavy atom. The second-order valence-electron chi connectivity index (χ2n) is 8.95. The van der Waals surface area contributed by atoms with Gasteiger partial charge < -0.3 is 10.2 Å². The number of aromatic nitrogens is 6. The third kappa shape index (κ3) is 3.18. The molecule has 2 aliphatic carbocycles. The topological polar surface area (TPSA) is 93.8 Å². The highest BCUT2D eigenvalue weighted by Crippen LogP contribution is 2.33. The van der Waals surface area contributed by atoms with Crippen LogP contribution < -0.4 is 5.32 Å². The summed E-state index contributed by atoms with van der Waals surface area (Å²) in [6, 6.07) is 0.192. The van der Waals surface area contributed by atoms with Gasteiger partial charge in [0.25, 0.3) is 0 Å². The minimum Gasteiger partial charge on any atom is -0.364 e. The number of nitrogens with one attached hydrogen (secondary N) is 1. The minimum atomic E-state index is 0.192. The molecule has 1 atom stereocenters. The van der Waals surface area contributed by atoms with E-state index in [-0.39, 0.29) is 12.0 Å². The van der Waals surface area contributed by atoms with Crippen LogP contribution in [0.2, 0.25) is 0 Å². The van der Waals surface area contributed by atoms with Crippen molar-refractivity contribution in [1.82, 2.24) is 34.0 Å². The number of imidazole rings is 2. The van der Waals surface area contributed by atoms with Crippen LogP contribution in [0.15, 0.2) is 12.7 Å². The van der Waals surface area contributed by atoms with Crippen molar-refractivity contribution in [1.29, 1.82) is 0 Å². The Hall–Kier alpha value is -2.97. The Morgan fingerprint density at radius 2 is 2.03 bits per heavy atom. The van der Waals surface area contributed by atoms with Gasteiger partial charge in [0, 0.05) is 37.3 Å². The van der Waals surface area contributed by atoms with Crippen molar-refractivity contribution in [2.24, 2.45) is 5.92 Å². The predicted octanol–water partition coefficient (Wildman–Crippen LogP) is 2.33. The van der Waals surface area contributed by atoms with E-state index in [1.807, 2.05) is 11.2 Å². The standard InChI is InChI=1S/C22H28N8O/c1-2-29-20-18(27-22(29)30-13-25-16-5-3-4-6-17(16)30)19(23-12-24-20)26-15-9-10-28(11-15)21(31)14-7-8-14/h12-15H,2-11H2,1H3,(H,23,24,26). The molecule has 9 heteroatoms. The molecular weight excluding hydrogens is 392 g/mol. The number of hydrogen-bond acceptors (Lipinski definition) is 6. The third-order valence-corrected chi connectivity index (χ3v) is 6.84. The van der Waals surface area contributed by atoms with Crippen molar-refractivity contribution in [2.75, 3.05) is 18.4 Å². The molecular formula is C22H28N8O. The first-order valence-corrected chi connectivity index (χ1v) is 11.5. The van der Waals surface area contributed by atoms with Crippen LogP contribution in [0.4, 0.5) is 5.82 Å². The zero-order valence-corrected chi connectivity index (χ0v) is 17.9. The number of hydrogen-bond donors (Lipinski definition) is 1. The molecule has 1 N–H and O–H groups in total. The van der Waals surface area contributed by atoms with Gasteiger partial charge in [0.05, 0.1) is 5.69 Å². The number of fused-ring (bicyclic) bond motifs is 2. The van der Waals surface area contributed by atoms with Crippen molar-refractivity contribution in [3.05, 3.63) is 24.0 Å². The average Bonchev–Trinajstić information content (AvgIpc) is 3.22. The molecule has 0 aromatic carbocycles. The first-order valence-electron chi connectivity index (χ1n) is 11.5. The number of nitrogens with zero attached hydrogens (tertiary/aromatic N) is 7. The summed E-state index contributed by atoms with van der Waals surface area (Å²) in [6.07, 6.45) is 11.0. The van der Waals surface area contributed by atoms with E-state index in [9.17, 15) is 4.79 Å². The molecule has 6 rings (SSSR count). The Bertz CT molecular complexity index is 1140. The van der Waals surface area contributed by atoms with Crippen LogP contribution in [0.5, 0.6) is 0 Å². The first kappa shape index (κ1) is 18.8. The number of amides is 1. The Kier molecular flexibility index (Phi) is 4.43. The smallest absolute Gasteiger partial charge is 0.225 e. The van der Waals surface area contributed by atoms with E-state index < -0.39 is 0 Å². The van der Waals surface area contributed by atoms with Gasteiger partial charge >= 0.3 is 0 Å². The van der Waals surface area contributed by atoms with Gasteiger partial charge in [0.1, 0.15) is 12.7 Å². The van der Waals surface area contributed by atoms with Crippen LogP contribution in [0.1, 0.15) is 50.4 Å². The summed E-state index contributed by atoms with van der Waals surface area (Å²) < 4.78 is 4.27. The summed E-state index contributed by atoms with van der Waals surface area (Å²) in [5.41, 5.74) is 4.07. The number of carbonyl (C=O) groups excluding carboxylic acids is 1. The summed E-state index contributed by atoms with van der Waals surface area (Å²) in [5.74, 6) is 2.19. The molecule has 3 aliphatic rings. The maximum absolute atomic E-state index is 12.4. The van der Waals surface area contributed by atoms with Crippen molar-refractivity contribution in [2.45, 2.75) is 64.5 Å². The van der Waals surface area contributed by atoms with Gasteiger partial charge in [-0.3, -0.25) is 13.9 Å². The van der Waals surface area contributed by atoms with E-state index in [2.05, 4.69) is 36.3 Å². The largest absolute Gasteiger partial charge is 0.364 e. The molecule has 3 aromatic rings. The zero-order chi connectivity index (χ0) is 20.9. The summed E-state index contributed by atoms with van der Waals surface area (Å²) in [5, 5.41) is 3.55. The van der Waals surface area contributed by atoms with Gasteiger partial charge in [-0.1, -0.05) is 0 Å². The second kappa shape index (κ2) is 7.32. The normalized spacial score (nSPS) is 20.9. The van der Waals surface area contributed by atoms with Crippen LogP contribution in [-0.2, 0) is 24.2 Å². The molecule has 0 spiro atoms. The number of carbonyl (C=O) groups is 1. The SMILES string of the molecule is CCn1c(-n2cnc3c2CCCC3)nc2c(NC3CCN(C(=O)C4CC4)C3)ncnc21. The van der Waals surface area contributed by atoms with Crippen molar-refractivity contribution in [3.8, 4) is 5.95 Å². The maximum atomic E-state index is 12.4. The van der Waals surface area contributed by atoms with Crippen LogP contribution in [0.3, 0.4) is 0 Å². The highest BCUT2D eigenvalue weighted by atomic mass is 16.2. The molecule has 1 unspecified atom stereocenters. The van der Waals surface area contributed by atoms with Crippen LogP contribution >= 0.6 is 0 Å². The van der Waals surface area contributed by atoms with E-state index in [4.69, 9.17) is 4.98 Å². The van der Waals surface area contributed by atoms with E-state index in [1.165, 1.54) is 24.2 Å². The predicted molar refractivity (Wildman–Crippen MR) is 116 cm³/mol. The lowest BCUT2D eigenvalue weighted by atomic mass is 10.0. The van der Waals surface area contributed by atoms with Crippen molar-refractivity contribution in [3.63, 3.8) is 0 Å². The summed E-state index contributed by atoms with van der Waals surface area (Å²) >= 11 is 0. The van der Waals surface area contributed by atoms with Crippen LogP contribution in [-0.4, -0.2) is 59.0 Å². The Morgan fingerprint density at radius 1 is 1.16 bits per heavy atom. The quantitative estimate of drug-likeness (QED) is 0.681. The molecule has 1 saturated heterocycles. The van der Waals surface area contributed by atoms with E-state index in [0.717, 1.165) is 74.7 Å². The fourth-order valence-electron chi connectivity index (χ4n) is 5.01. The molecule has 2 fully saturated rings. The molecule has 31 heavy (non-hydrogen) atoms. The zero-order valence-electron chi connectivity index (χ0n) is 17.9. The molecule has 4 heterocycles. The highest BCUT2D eigenvalue weighted by Gasteiger charge is 2.36. The lowest BCUT2D eigenvalue weighted by Gasteiger charge is -2.17. The fourth-order valence-corrected chi connectivity index (χ4v) is 5.01. The molecule has 1 amide bonds. The van der Waals surface area contributed by atoms with E-state index >= 15 is 0 Å². The van der Waals surface area contributed by atoms with Gasteiger partial charge in [0.15, 0.2) is 17.0 Å². The van der Waals surface area contributed by atoms with Gasteiger partial charge in [-0.2, -0.15) is 0 Å². The van der Waals surface area contributed by atoms with Gasteiger partial charge in [-0.05, 0) is 51.9 Å². The van der Waals surface area contributed by atoms with Crippen molar-refractivity contribution < 1.29 is 4.79 Å². The van der Waals surface area contributed by atoms with Crippen LogP contribution in [0, 0.1) is 5.92 Å². The highest BCUT2D eigenvalue weighted by molar-refractivity contribution is 5.85. The summed E-state index contributed by atoms with van der Waals surface area (Å²) in [4.78, 5) is 33.1. The first-order chi connectivity index (χ1) is 15.2. The monoisotopic (exact) mass is 420 g/mol. The molecule has 3 aromatic heterocycles. The third-order valence-electron chi connectivity index (χ3n) is 6.84. The summed E-state index contributed by atoms with van der Waals surface area (Å²) in [6.45, 7) is 4.43. The van der Waals surface area contributed by atoms with Gasteiger partial charge in [-0.15, -0.1) is 0 Å². The van der Waals surface area contributed by atoms with Crippen LogP contribution in [0.25, 0.3) is 17.1 Å². The molecule has 1 saturated carbocycles. The average molecular weight is 421 g/mol. The number of likely N-dealkylation sites (tertiary alicyclic amines) is 1. The number of aryl methyl sites for hydroxylation is 2. The number of rotatable bonds is 5. The van der Waals surface area contributed by atoms with E-state index in [1.54, 1.807) is 6.33 Å². The molecule has 162 valence electrons. The number of anilines is 1. The lowest BCUT2D eigenvalue weighted by molar-refractivity contribution is -0.131. The fraction of sp³-hybridized carbons (Fsp3) is 0.591. The molecule has 0 radical (unpaired) electrons. The Labute approximate surface area is 180 Å². The van der Waals surface area contributed by atoms with Gasteiger partial charge in [0.2, 0.25) is 11.9 Å². The molecule has 0 bridgehead atoms. The lowest BCUT2D eigenvalue weighted by Crippen LogP contribution is -2.32. The van der Waals surface area contributed by atoms with Crippen molar-refractivity contribution >= 4 is 22.9 Å². The molecule has 9 nitrogen and oxygen atoms in total. The minimum absolute atomic E-state index is 0.192.